The SMILES string of the molecule is Cc1ccccc1C#[NH+].F[As-](F)(F)(F)(F)F. The van der Waals surface area contributed by atoms with Crippen molar-refractivity contribution >= 4 is 14.2 Å². The number of hydrogen-bond donors (Lipinski definition) is 1. The summed E-state index contributed by atoms with van der Waals surface area (Å²) in [4.78, 5) is 0. The van der Waals surface area contributed by atoms with Crippen LogP contribution in [-0.4, -0.2) is 14.2 Å². The Balaban J connectivity index is 0.000000293. The predicted octanol–water partition coefficient (Wildman–Crippen LogP) is 2.26. The predicted molar refractivity (Wildman–Crippen MR) is 47.5 cm³/mol. The van der Waals surface area contributed by atoms with Gasteiger partial charge in [-0.3, -0.25) is 0 Å². The molecule has 0 saturated heterocycles. The van der Waals surface area contributed by atoms with Gasteiger partial charge >= 0.3 is 41.0 Å². The third-order valence-corrected chi connectivity index (χ3v) is 1.28. The van der Waals surface area contributed by atoms with E-state index in [0.717, 1.165) is 11.1 Å². The molecular weight excluding hydrogens is 299 g/mol. The van der Waals surface area contributed by atoms with E-state index in [1.165, 1.54) is 0 Å². The van der Waals surface area contributed by atoms with E-state index in [-0.39, 0.29) is 0 Å². The molecule has 16 heavy (non-hydrogen) atoms. The Morgan fingerprint density at radius 3 is 1.62 bits per heavy atom. The zero-order chi connectivity index (χ0) is 13.1. The second-order valence-corrected chi connectivity index (χ2v) is 6.92. The molecule has 92 valence electrons. The van der Waals surface area contributed by atoms with Gasteiger partial charge in [0, 0.05) is 0 Å². The molecule has 0 saturated carbocycles. The zero-order valence-corrected chi connectivity index (χ0v) is 9.90. The Hall–Kier alpha value is -1.15. The van der Waals surface area contributed by atoms with Crippen LogP contribution in [-0.2, 0) is 0 Å². The molecule has 0 spiro atoms. The third-order valence-electron chi connectivity index (χ3n) is 1.28. The summed E-state index contributed by atoms with van der Waals surface area (Å²) < 4.78 is 59.4. The Morgan fingerprint density at radius 2 is 1.38 bits per heavy atom. The maximum atomic E-state index is 9.91. The quantitative estimate of drug-likeness (QED) is 0.561. The second kappa shape index (κ2) is 3.70. The molecule has 1 rings (SSSR count). The van der Waals surface area contributed by atoms with Gasteiger partial charge in [0.05, 0.1) is 0 Å². The zero-order valence-electron chi connectivity index (χ0n) is 8.02. The molecule has 0 aliphatic heterocycles. The van der Waals surface area contributed by atoms with Crippen LogP contribution in [0.5, 0.6) is 0 Å². The summed E-state index contributed by atoms with van der Waals surface area (Å²) in [5, 5.41) is 6.83. The molecular formula is C8H8AsF6N. The molecule has 0 heterocycles. The van der Waals surface area contributed by atoms with Gasteiger partial charge in [-0.1, -0.05) is 23.5 Å². The summed E-state index contributed by atoms with van der Waals surface area (Å²) in [7, 11) is 0. The first kappa shape index (κ1) is 14.8. The minimum absolute atomic E-state index is 0.873. The monoisotopic (exact) mass is 307 g/mol. The van der Waals surface area contributed by atoms with Crippen LogP contribution in [0.1, 0.15) is 11.1 Å². The topological polar surface area (TPSA) is 23.8 Å². The normalized spacial score (nSPS) is 14.9. The molecule has 0 aromatic heterocycles. The van der Waals surface area contributed by atoms with E-state index in [4.69, 9.17) is 5.26 Å². The van der Waals surface area contributed by atoms with E-state index in [0.29, 0.717) is 0 Å². The fourth-order valence-corrected chi connectivity index (χ4v) is 0.713. The van der Waals surface area contributed by atoms with Crippen molar-refractivity contribution < 1.29 is 26.1 Å². The summed E-state index contributed by atoms with van der Waals surface area (Å²) in [5.74, 6) is 0. The molecule has 1 aromatic rings. The molecule has 1 nitrogen and oxygen atoms in total. The first-order valence-corrected chi connectivity index (χ1v) is 8.10. The molecule has 1 N–H and O–H groups in total. The van der Waals surface area contributed by atoms with Gasteiger partial charge in [0.25, 0.3) is 0 Å². The van der Waals surface area contributed by atoms with Gasteiger partial charge in [-0.15, -0.1) is 0 Å². The van der Waals surface area contributed by atoms with Crippen molar-refractivity contribution in [2.75, 3.05) is 0 Å². The summed E-state index contributed by atoms with van der Waals surface area (Å²) in [5.41, 5.74) is 1.98. The molecule has 0 bridgehead atoms. The number of hydrogen-bond acceptors (Lipinski definition) is 0. The Morgan fingerprint density at radius 1 is 1.00 bits per heavy atom. The average molecular weight is 307 g/mol. The summed E-state index contributed by atoms with van der Waals surface area (Å²) in [6.45, 7) is 1.97. The van der Waals surface area contributed by atoms with E-state index >= 15 is 0 Å². The molecule has 0 amide bonds. The minimum atomic E-state index is -11.1. The van der Waals surface area contributed by atoms with Gasteiger partial charge in [0.2, 0.25) is 0 Å². The van der Waals surface area contributed by atoms with Crippen LogP contribution in [0.4, 0.5) is 20.8 Å². The van der Waals surface area contributed by atoms with E-state index in [9.17, 15) is 20.8 Å². The Kier molecular flexibility index (Phi) is 3.44. The van der Waals surface area contributed by atoms with Gasteiger partial charge < -0.3 is 0 Å². The van der Waals surface area contributed by atoms with E-state index in [1.807, 2.05) is 31.2 Å². The van der Waals surface area contributed by atoms with Crippen molar-refractivity contribution in [2.24, 2.45) is 0 Å². The first-order chi connectivity index (χ1) is 6.79. The van der Waals surface area contributed by atoms with Crippen molar-refractivity contribution in [3.8, 4) is 6.07 Å². The molecule has 0 aliphatic rings. The number of halogens is 6. The first-order valence-electron chi connectivity index (χ1n) is 3.84. The summed E-state index contributed by atoms with van der Waals surface area (Å²) >= 11 is -11.1. The van der Waals surface area contributed by atoms with Crippen molar-refractivity contribution in [1.82, 2.24) is 0 Å². The fraction of sp³-hybridized carbons (Fsp3) is 0.125. The molecule has 0 atom stereocenters. The number of nitrogens with one attached hydrogen (secondary N) is 1. The van der Waals surface area contributed by atoms with Crippen molar-refractivity contribution in [3.63, 3.8) is 0 Å². The van der Waals surface area contributed by atoms with E-state index in [2.05, 4.69) is 6.07 Å². The second-order valence-electron chi connectivity index (χ2n) is 2.90. The maximum absolute atomic E-state index is 11.1. The number of aryl methyl sites for hydroxylation is 1. The van der Waals surface area contributed by atoms with Crippen LogP contribution in [0.15, 0.2) is 24.3 Å². The Labute approximate surface area is 89.2 Å². The third kappa shape index (κ3) is 12.8. The van der Waals surface area contributed by atoms with Crippen LogP contribution >= 0.6 is 0 Å². The van der Waals surface area contributed by atoms with Gasteiger partial charge in [-0.05, 0) is 18.6 Å². The van der Waals surface area contributed by atoms with Crippen LogP contribution in [0, 0.1) is 13.0 Å². The standard InChI is InChI=1S/C8H7N.AsF6/c1-7-4-2-3-5-8(7)6-9;2-1(3,4,5,6)7/h2-5H,1H3;/q;-1/p+1. The van der Waals surface area contributed by atoms with Gasteiger partial charge in [0.1, 0.15) is 5.56 Å². The van der Waals surface area contributed by atoms with Crippen molar-refractivity contribution in [2.45, 2.75) is 6.92 Å². The molecule has 0 unspecified atom stereocenters. The number of rotatable bonds is 0. The summed E-state index contributed by atoms with van der Waals surface area (Å²) in [6.07, 6.45) is 0. The summed E-state index contributed by atoms with van der Waals surface area (Å²) in [6, 6.07) is 10.1. The van der Waals surface area contributed by atoms with E-state index in [1.54, 1.807) is 0 Å². The fourth-order valence-electron chi connectivity index (χ4n) is 0.713. The van der Waals surface area contributed by atoms with Crippen LogP contribution < -0.4 is 5.26 Å². The van der Waals surface area contributed by atoms with Crippen LogP contribution in [0.2, 0.25) is 0 Å². The molecule has 0 fully saturated rings. The van der Waals surface area contributed by atoms with Gasteiger partial charge in [-0.25, -0.2) is 0 Å². The van der Waals surface area contributed by atoms with Crippen LogP contribution in [0.25, 0.3) is 0 Å². The average Bonchev–Trinajstić information content (AvgIpc) is 1.99. The van der Waals surface area contributed by atoms with Crippen LogP contribution in [0.3, 0.4) is 0 Å². The van der Waals surface area contributed by atoms with Gasteiger partial charge in [0.15, 0.2) is 0 Å². The van der Waals surface area contributed by atoms with Gasteiger partial charge in [-0.2, -0.15) is 0 Å². The Bertz CT molecular complexity index is 403. The molecule has 0 aliphatic carbocycles. The molecule has 8 heteroatoms. The van der Waals surface area contributed by atoms with Crippen molar-refractivity contribution in [3.05, 3.63) is 35.4 Å². The van der Waals surface area contributed by atoms with Crippen molar-refractivity contribution in [1.29, 1.82) is 0 Å². The number of benzene rings is 1. The molecule has 1 aromatic carbocycles. The molecule has 0 radical (unpaired) electrons. The van der Waals surface area contributed by atoms with E-state index < -0.39 is 14.2 Å².